The lowest BCUT2D eigenvalue weighted by molar-refractivity contribution is -0.137. The van der Waals surface area contributed by atoms with Gasteiger partial charge in [0.15, 0.2) is 11.6 Å². The Labute approximate surface area is 162 Å². The molecule has 156 valence electrons. The number of halogens is 4. The summed E-state index contributed by atoms with van der Waals surface area (Å²) in [5, 5.41) is 6.27. The molecule has 0 spiro atoms. The summed E-state index contributed by atoms with van der Waals surface area (Å²) in [6.45, 7) is 0.477. The molecule has 0 unspecified atom stereocenters. The van der Waals surface area contributed by atoms with Crippen LogP contribution in [0, 0.1) is 5.82 Å². The van der Waals surface area contributed by atoms with Gasteiger partial charge in [0.05, 0.1) is 5.56 Å². The zero-order chi connectivity index (χ0) is 21.2. The number of aryl methyl sites for hydroxylation is 1. The summed E-state index contributed by atoms with van der Waals surface area (Å²) in [7, 11) is 1.45. The maximum atomic E-state index is 13.8. The fourth-order valence-electron chi connectivity index (χ4n) is 2.92. The van der Waals surface area contributed by atoms with Gasteiger partial charge in [-0.25, -0.2) is 13.9 Å². The number of carbonyl (C=O) groups excluding carboxylic acids is 1. The van der Waals surface area contributed by atoms with Crippen molar-refractivity contribution in [3.8, 4) is 5.75 Å². The van der Waals surface area contributed by atoms with Gasteiger partial charge in [-0.15, -0.1) is 0 Å². The summed E-state index contributed by atoms with van der Waals surface area (Å²) in [5.74, 6) is -1.35. The van der Waals surface area contributed by atoms with E-state index >= 15 is 0 Å². The number of piperidine rings is 1. The second kappa shape index (κ2) is 8.10. The van der Waals surface area contributed by atoms with Crippen molar-refractivity contribution >= 4 is 11.7 Å². The molecule has 2 aromatic rings. The average Bonchev–Trinajstić information content (AvgIpc) is 2.67. The highest BCUT2D eigenvalue weighted by Crippen LogP contribution is 2.33. The quantitative estimate of drug-likeness (QED) is 0.784. The fourth-order valence-corrected chi connectivity index (χ4v) is 2.92. The zero-order valence-corrected chi connectivity index (χ0v) is 15.4. The molecule has 2 amide bonds. The summed E-state index contributed by atoms with van der Waals surface area (Å²) < 4.78 is 58.7. The molecule has 0 aliphatic carbocycles. The number of aromatic nitrogens is 2. The van der Waals surface area contributed by atoms with Gasteiger partial charge in [0.25, 0.3) is 5.56 Å². The summed E-state index contributed by atoms with van der Waals surface area (Å²) in [5.41, 5.74) is -1.37. The van der Waals surface area contributed by atoms with Crippen LogP contribution in [0.25, 0.3) is 0 Å². The average molecular weight is 414 g/mol. The van der Waals surface area contributed by atoms with Gasteiger partial charge in [-0.05, 0) is 24.3 Å². The van der Waals surface area contributed by atoms with Crippen LogP contribution >= 0.6 is 0 Å². The Morgan fingerprint density at radius 3 is 2.59 bits per heavy atom. The van der Waals surface area contributed by atoms with Crippen LogP contribution in [0.15, 0.2) is 35.3 Å². The number of alkyl halides is 3. The molecule has 7 nitrogen and oxygen atoms in total. The molecule has 29 heavy (non-hydrogen) atoms. The van der Waals surface area contributed by atoms with Crippen molar-refractivity contribution < 1.29 is 27.1 Å². The molecule has 0 radical (unpaired) electrons. The van der Waals surface area contributed by atoms with Crippen LogP contribution in [0.4, 0.5) is 28.0 Å². The minimum atomic E-state index is -4.60. The lowest BCUT2D eigenvalue weighted by Gasteiger charge is -2.32. The predicted molar refractivity (Wildman–Crippen MR) is 95.1 cm³/mol. The highest BCUT2D eigenvalue weighted by Gasteiger charge is 2.32. The molecule has 1 aromatic heterocycles. The molecule has 3 rings (SSSR count). The third kappa shape index (κ3) is 4.84. The van der Waals surface area contributed by atoms with Gasteiger partial charge in [-0.1, -0.05) is 0 Å². The molecule has 2 heterocycles. The number of nitrogens with one attached hydrogen (secondary N) is 1. The first-order chi connectivity index (χ1) is 13.6. The fraction of sp³-hybridized carbons (Fsp3) is 0.389. The van der Waals surface area contributed by atoms with E-state index in [1.807, 2.05) is 0 Å². The van der Waals surface area contributed by atoms with Crippen LogP contribution in [0.3, 0.4) is 0 Å². The molecule has 1 aromatic carbocycles. The van der Waals surface area contributed by atoms with Crippen LogP contribution in [0.5, 0.6) is 5.75 Å². The van der Waals surface area contributed by atoms with Crippen LogP contribution in [-0.2, 0) is 13.2 Å². The maximum Gasteiger partial charge on any atom is 0.416 e. The minimum Gasteiger partial charge on any atom is -0.487 e. The molecule has 1 fully saturated rings. The minimum absolute atomic E-state index is 0.0805. The zero-order valence-electron chi connectivity index (χ0n) is 15.4. The van der Waals surface area contributed by atoms with Gasteiger partial charge >= 0.3 is 12.2 Å². The highest BCUT2D eigenvalue weighted by atomic mass is 19.4. The molecule has 1 N–H and O–H groups in total. The number of ether oxygens (including phenoxy) is 1. The van der Waals surface area contributed by atoms with Gasteiger partial charge in [0, 0.05) is 39.2 Å². The number of hydrogen-bond acceptors (Lipinski definition) is 4. The first-order valence-electron chi connectivity index (χ1n) is 8.77. The molecule has 1 saturated heterocycles. The summed E-state index contributed by atoms with van der Waals surface area (Å²) in [4.78, 5) is 25.7. The molecule has 0 bridgehead atoms. The van der Waals surface area contributed by atoms with Crippen molar-refractivity contribution in [3.05, 3.63) is 52.2 Å². The number of anilines is 1. The molecular formula is C18H18F4N4O3. The van der Waals surface area contributed by atoms with Gasteiger partial charge in [-0.2, -0.15) is 18.3 Å². The van der Waals surface area contributed by atoms with E-state index in [-0.39, 0.29) is 18.8 Å². The number of urea groups is 1. The van der Waals surface area contributed by atoms with Crippen molar-refractivity contribution in [2.24, 2.45) is 7.05 Å². The van der Waals surface area contributed by atoms with E-state index in [0.717, 1.165) is 10.7 Å². The Morgan fingerprint density at radius 2 is 1.93 bits per heavy atom. The molecule has 0 atom stereocenters. The number of benzene rings is 1. The number of amides is 2. The Balaban J connectivity index is 1.59. The Kier molecular flexibility index (Phi) is 5.76. The van der Waals surface area contributed by atoms with Crippen molar-refractivity contribution in [2.75, 3.05) is 18.4 Å². The van der Waals surface area contributed by atoms with Gasteiger partial charge in [0.1, 0.15) is 11.8 Å². The SMILES string of the molecule is Cn1nccc(NC(=O)N2CCC(Oc3cc(C(F)(F)F)ccc3F)CC2)c1=O. The molecular weight excluding hydrogens is 396 g/mol. The van der Waals surface area contributed by atoms with Crippen LogP contribution < -0.4 is 15.6 Å². The summed E-state index contributed by atoms with van der Waals surface area (Å²) in [6, 6.07) is 2.89. The van der Waals surface area contributed by atoms with E-state index in [9.17, 15) is 27.2 Å². The highest BCUT2D eigenvalue weighted by molar-refractivity contribution is 5.89. The van der Waals surface area contributed by atoms with Crippen molar-refractivity contribution in [1.29, 1.82) is 0 Å². The Morgan fingerprint density at radius 1 is 1.24 bits per heavy atom. The van der Waals surface area contributed by atoms with E-state index in [4.69, 9.17) is 4.74 Å². The van der Waals surface area contributed by atoms with Crippen molar-refractivity contribution in [1.82, 2.24) is 14.7 Å². The monoisotopic (exact) mass is 414 g/mol. The second-order valence-corrected chi connectivity index (χ2v) is 6.55. The molecule has 0 saturated carbocycles. The smallest absolute Gasteiger partial charge is 0.416 e. The lowest BCUT2D eigenvalue weighted by Crippen LogP contribution is -2.44. The summed E-state index contributed by atoms with van der Waals surface area (Å²) >= 11 is 0. The van der Waals surface area contributed by atoms with E-state index < -0.39 is 41.0 Å². The third-order valence-corrected chi connectivity index (χ3v) is 4.53. The topological polar surface area (TPSA) is 76.5 Å². The van der Waals surface area contributed by atoms with E-state index in [1.54, 1.807) is 0 Å². The second-order valence-electron chi connectivity index (χ2n) is 6.55. The third-order valence-electron chi connectivity index (χ3n) is 4.53. The predicted octanol–water partition coefficient (Wildman–Crippen LogP) is 3.01. The lowest BCUT2D eigenvalue weighted by atomic mass is 10.1. The van der Waals surface area contributed by atoms with Gasteiger partial charge in [-0.3, -0.25) is 4.79 Å². The standard InChI is InChI=1S/C18H18F4N4O3/c1-25-16(27)14(4-7-23-25)24-17(28)26-8-5-12(6-9-26)29-15-10-11(18(20,21)22)2-3-13(15)19/h2-4,7,10,12H,5-6,8-9H2,1H3,(H,24,28). The van der Waals surface area contributed by atoms with E-state index in [2.05, 4.69) is 10.4 Å². The Bertz CT molecular complexity index is 953. The first-order valence-corrected chi connectivity index (χ1v) is 8.77. The van der Waals surface area contributed by atoms with Gasteiger partial charge < -0.3 is 15.0 Å². The normalized spacial score (nSPS) is 15.3. The maximum absolute atomic E-state index is 13.8. The Hall–Kier alpha value is -3.11. The number of hydrogen-bond donors (Lipinski definition) is 1. The van der Waals surface area contributed by atoms with Crippen LogP contribution in [-0.4, -0.2) is 39.9 Å². The van der Waals surface area contributed by atoms with Crippen LogP contribution in [0.2, 0.25) is 0 Å². The van der Waals surface area contributed by atoms with Gasteiger partial charge in [0.2, 0.25) is 0 Å². The van der Waals surface area contributed by atoms with E-state index in [0.29, 0.717) is 25.0 Å². The molecule has 1 aliphatic rings. The number of likely N-dealkylation sites (tertiary alicyclic amines) is 1. The number of nitrogens with zero attached hydrogens (tertiary/aromatic N) is 3. The molecule has 1 aliphatic heterocycles. The van der Waals surface area contributed by atoms with E-state index in [1.165, 1.54) is 24.2 Å². The molecule has 11 heteroatoms. The number of carbonyl (C=O) groups is 1. The summed E-state index contributed by atoms with van der Waals surface area (Å²) in [6.07, 6.45) is -3.15. The number of rotatable bonds is 3. The largest absolute Gasteiger partial charge is 0.487 e. The van der Waals surface area contributed by atoms with Crippen molar-refractivity contribution in [3.63, 3.8) is 0 Å². The van der Waals surface area contributed by atoms with Crippen molar-refractivity contribution in [2.45, 2.75) is 25.1 Å². The first kappa shape index (κ1) is 20.6. The van der Waals surface area contributed by atoms with Crippen LogP contribution in [0.1, 0.15) is 18.4 Å².